The van der Waals surface area contributed by atoms with Crippen molar-refractivity contribution in [1.29, 1.82) is 0 Å². The van der Waals surface area contributed by atoms with Crippen LogP contribution in [-0.2, 0) is 22.1 Å². The summed E-state index contributed by atoms with van der Waals surface area (Å²) in [6, 6.07) is 6.08. The summed E-state index contributed by atoms with van der Waals surface area (Å²) in [4.78, 5) is 27.5. The lowest BCUT2D eigenvalue weighted by atomic mass is 9.87. The van der Waals surface area contributed by atoms with Gasteiger partial charge in [0.05, 0.1) is 30.9 Å². The quantitative estimate of drug-likeness (QED) is 0.695. The lowest BCUT2D eigenvalue weighted by Gasteiger charge is -2.24. The van der Waals surface area contributed by atoms with E-state index in [0.717, 1.165) is 29.7 Å². The van der Waals surface area contributed by atoms with Crippen LogP contribution in [0.4, 0.5) is 5.82 Å². The lowest BCUT2D eigenvalue weighted by Crippen LogP contribution is -2.43. The Hall–Kier alpha value is -2.68. The first-order chi connectivity index (χ1) is 15.6. The summed E-state index contributed by atoms with van der Waals surface area (Å²) in [6.07, 6.45) is 2.00. The van der Waals surface area contributed by atoms with Crippen molar-refractivity contribution >= 4 is 29.4 Å². The van der Waals surface area contributed by atoms with Crippen LogP contribution in [0.5, 0.6) is 11.5 Å². The van der Waals surface area contributed by atoms with Gasteiger partial charge in [0, 0.05) is 24.1 Å². The number of carbonyl (C=O) groups excluding carboxylic acids is 2. The Morgan fingerprint density at radius 3 is 2.52 bits per heavy atom. The Morgan fingerprint density at radius 2 is 1.91 bits per heavy atom. The zero-order valence-corrected chi connectivity index (χ0v) is 20.9. The third-order valence-corrected chi connectivity index (χ3v) is 7.16. The monoisotopic (exact) mass is 472 g/mol. The minimum atomic E-state index is -0.254. The van der Waals surface area contributed by atoms with Gasteiger partial charge in [0.15, 0.2) is 11.5 Å². The van der Waals surface area contributed by atoms with E-state index in [2.05, 4.69) is 26.1 Å². The van der Waals surface area contributed by atoms with E-state index < -0.39 is 0 Å². The van der Waals surface area contributed by atoms with E-state index >= 15 is 0 Å². The summed E-state index contributed by atoms with van der Waals surface area (Å²) < 4.78 is 12.7. The number of amides is 2. The van der Waals surface area contributed by atoms with Gasteiger partial charge >= 0.3 is 0 Å². The van der Waals surface area contributed by atoms with Gasteiger partial charge in [-0.25, -0.2) is 0 Å². The molecule has 33 heavy (non-hydrogen) atoms. The molecule has 8 nitrogen and oxygen atoms in total. The molecule has 1 aromatic carbocycles. The Balaban J connectivity index is 1.83. The molecule has 178 valence electrons. The van der Waals surface area contributed by atoms with Crippen molar-refractivity contribution < 1.29 is 19.1 Å². The van der Waals surface area contributed by atoms with E-state index in [1.807, 2.05) is 25.2 Å². The van der Waals surface area contributed by atoms with Gasteiger partial charge in [0.2, 0.25) is 11.8 Å². The zero-order valence-electron chi connectivity index (χ0n) is 20.1. The fourth-order valence-electron chi connectivity index (χ4n) is 4.17. The van der Waals surface area contributed by atoms with Crippen LogP contribution in [0.15, 0.2) is 18.2 Å². The fourth-order valence-corrected chi connectivity index (χ4v) is 5.36. The van der Waals surface area contributed by atoms with Gasteiger partial charge in [-0.15, -0.1) is 11.8 Å². The average molecular weight is 473 g/mol. The van der Waals surface area contributed by atoms with Gasteiger partial charge in [0.1, 0.15) is 12.4 Å². The molecule has 2 aliphatic rings. The van der Waals surface area contributed by atoms with Crippen LogP contribution in [0, 0.1) is 0 Å². The Morgan fingerprint density at radius 1 is 1.21 bits per heavy atom. The molecule has 2 aromatic rings. The second-order valence-electron chi connectivity index (χ2n) is 9.59. The number of thioether (sulfide) groups is 1. The van der Waals surface area contributed by atoms with Crippen LogP contribution in [0.25, 0.3) is 0 Å². The molecule has 1 saturated carbocycles. The highest BCUT2D eigenvalue weighted by Crippen LogP contribution is 2.48. The van der Waals surface area contributed by atoms with Gasteiger partial charge < -0.3 is 14.8 Å². The molecule has 0 spiro atoms. The van der Waals surface area contributed by atoms with E-state index in [0.29, 0.717) is 17.3 Å². The van der Waals surface area contributed by atoms with Crippen molar-refractivity contribution in [1.82, 2.24) is 15.1 Å². The predicted octanol–water partition coefficient (Wildman–Crippen LogP) is 3.18. The number of nitrogens with one attached hydrogen (secondary N) is 1. The van der Waals surface area contributed by atoms with Gasteiger partial charge in [-0.3, -0.25) is 19.2 Å². The minimum Gasteiger partial charge on any atom is -0.493 e. The first-order valence-electron chi connectivity index (χ1n) is 11.1. The molecule has 1 aromatic heterocycles. The maximum absolute atomic E-state index is 13.3. The molecule has 2 amide bonds. The van der Waals surface area contributed by atoms with Crippen LogP contribution < -0.4 is 19.7 Å². The number of hydrogen-bond acceptors (Lipinski definition) is 6. The Labute approximate surface area is 199 Å². The number of aryl methyl sites for hydroxylation is 1. The molecule has 1 atom stereocenters. The molecule has 0 saturated heterocycles. The van der Waals surface area contributed by atoms with Crippen molar-refractivity contribution in [2.24, 2.45) is 7.05 Å². The number of carbonyl (C=O) groups is 2. The second kappa shape index (κ2) is 8.93. The Bertz CT molecular complexity index is 1070. The topological polar surface area (TPSA) is 85.7 Å². The highest BCUT2D eigenvalue weighted by Gasteiger charge is 2.39. The van der Waals surface area contributed by atoms with Crippen molar-refractivity contribution in [2.45, 2.75) is 50.3 Å². The second-order valence-corrected chi connectivity index (χ2v) is 10.7. The summed E-state index contributed by atoms with van der Waals surface area (Å²) in [5.74, 6) is 1.99. The van der Waals surface area contributed by atoms with Gasteiger partial charge in [-0.05, 0) is 30.5 Å². The van der Waals surface area contributed by atoms with Crippen LogP contribution in [-0.4, -0.2) is 54.2 Å². The maximum Gasteiger partial charge on any atom is 0.240 e. The molecule has 9 heteroatoms. The molecule has 1 unspecified atom stereocenters. The third kappa shape index (κ3) is 4.69. The first kappa shape index (κ1) is 23.5. The van der Waals surface area contributed by atoms with E-state index in [4.69, 9.17) is 14.6 Å². The summed E-state index contributed by atoms with van der Waals surface area (Å²) in [5.41, 5.74) is 2.62. The summed E-state index contributed by atoms with van der Waals surface area (Å²) in [7, 11) is 5.06. The number of rotatable bonds is 6. The van der Waals surface area contributed by atoms with Crippen molar-refractivity contribution in [3.63, 3.8) is 0 Å². The van der Waals surface area contributed by atoms with Crippen molar-refractivity contribution in [3.05, 3.63) is 35.0 Å². The number of benzene rings is 1. The highest BCUT2D eigenvalue weighted by molar-refractivity contribution is 8.00. The highest BCUT2D eigenvalue weighted by atomic mass is 32.2. The number of fused-ring (bicyclic) bond motifs is 1. The predicted molar refractivity (Wildman–Crippen MR) is 129 cm³/mol. The number of ether oxygens (including phenoxy) is 2. The standard InChI is InChI=1S/C24H32N4O4S/c1-24(2,3)22-20-21(14-7-10-16(31-5)17(11-14)32-6)33-13-19(30)28(23(20)27(4)26-22)12-18(29)25-15-8-9-15/h7,10-11,15,21H,8-9,12-13H2,1-6H3,(H,25,29). The molecule has 4 rings (SSSR count). The molecule has 1 aliphatic carbocycles. The van der Waals surface area contributed by atoms with Crippen LogP contribution in [0.2, 0.25) is 0 Å². The van der Waals surface area contributed by atoms with Crippen LogP contribution in [0.3, 0.4) is 0 Å². The molecule has 0 bridgehead atoms. The van der Waals surface area contributed by atoms with E-state index in [-0.39, 0.29) is 40.8 Å². The van der Waals surface area contributed by atoms with E-state index in [9.17, 15) is 9.59 Å². The molecular weight excluding hydrogens is 440 g/mol. The molecule has 1 N–H and O–H groups in total. The number of hydrogen-bond donors (Lipinski definition) is 1. The normalized spacial score (nSPS) is 18.5. The van der Waals surface area contributed by atoms with Crippen LogP contribution in [0.1, 0.15) is 55.7 Å². The molecular formula is C24H32N4O4S. The molecule has 1 aliphatic heterocycles. The SMILES string of the molecule is COc1ccc(C2SCC(=O)N(CC(=O)NC3CC3)c3c2c(C(C)(C)C)nn3C)cc1OC. The van der Waals surface area contributed by atoms with Gasteiger partial charge in [0.25, 0.3) is 0 Å². The number of aromatic nitrogens is 2. The first-order valence-corrected chi connectivity index (χ1v) is 12.2. The summed E-state index contributed by atoms with van der Waals surface area (Å²) in [6.45, 7) is 6.33. The number of methoxy groups -OCH3 is 2. The summed E-state index contributed by atoms with van der Waals surface area (Å²) in [5, 5.41) is 7.69. The number of anilines is 1. The third-order valence-electron chi connectivity index (χ3n) is 5.91. The molecule has 0 radical (unpaired) electrons. The van der Waals surface area contributed by atoms with E-state index in [1.54, 1.807) is 35.6 Å². The minimum absolute atomic E-state index is 0.00926. The number of nitrogens with zero attached hydrogens (tertiary/aromatic N) is 3. The van der Waals surface area contributed by atoms with E-state index in [1.165, 1.54) is 0 Å². The lowest BCUT2D eigenvalue weighted by molar-refractivity contribution is -0.123. The zero-order chi connectivity index (χ0) is 23.9. The average Bonchev–Trinajstić information content (AvgIpc) is 3.53. The molecule has 2 heterocycles. The van der Waals surface area contributed by atoms with Gasteiger partial charge in [-0.2, -0.15) is 5.10 Å². The van der Waals surface area contributed by atoms with Gasteiger partial charge in [-0.1, -0.05) is 26.8 Å². The molecule has 1 fully saturated rings. The van der Waals surface area contributed by atoms with Crippen molar-refractivity contribution in [2.75, 3.05) is 31.4 Å². The Kier molecular flexibility index (Phi) is 6.35. The smallest absolute Gasteiger partial charge is 0.240 e. The maximum atomic E-state index is 13.3. The van der Waals surface area contributed by atoms with Crippen molar-refractivity contribution in [3.8, 4) is 11.5 Å². The fraction of sp³-hybridized carbons (Fsp3) is 0.542. The largest absolute Gasteiger partial charge is 0.493 e. The summed E-state index contributed by atoms with van der Waals surface area (Å²) >= 11 is 1.55. The van der Waals surface area contributed by atoms with Crippen LogP contribution >= 0.6 is 11.8 Å².